The van der Waals surface area contributed by atoms with Gasteiger partial charge in [-0.05, 0) is 74.6 Å². The third kappa shape index (κ3) is 6.67. The zero-order valence-corrected chi connectivity index (χ0v) is 23.6. The van der Waals surface area contributed by atoms with Gasteiger partial charge in [-0.3, -0.25) is 4.79 Å². The number of benzene rings is 2. The molecule has 2 aromatic carbocycles. The van der Waals surface area contributed by atoms with Crippen molar-refractivity contribution < 1.29 is 27.1 Å². The highest BCUT2D eigenvalue weighted by Gasteiger charge is 2.33. The van der Waals surface area contributed by atoms with Gasteiger partial charge in [0.2, 0.25) is 11.8 Å². The Hall–Kier alpha value is -4.78. The summed E-state index contributed by atoms with van der Waals surface area (Å²) in [5, 5.41) is 5.36. The molecule has 224 valence electrons. The molecule has 0 spiro atoms. The monoisotopic (exact) mass is 595 g/mol. The van der Waals surface area contributed by atoms with Crippen molar-refractivity contribution in [3.8, 4) is 22.9 Å². The lowest BCUT2D eigenvalue weighted by atomic mass is 10.1. The third-order valence-electron chi connectivity index (χ3n) is 7.19. The number of likely N-dealkylation sites (N-methyl/N-ethyl adjacent to an activating group) is 2. The SMILES string of the molecule is CNc1nccc(-c2cccnc2Oc2ccc(F)c(C(=O)Nc3cc(C(F)(F)F)ccc3N(C)C3CCN(C)C3)c2)n1. The van der Waals surface area contributed by atoms with E-state index in [9.17, 15) is 22.4 Å². The van der Waals surface area contributed by atoms with E-state index in [1.54, 1.807) is 38.5 Å². The molecular formula is C30H29F4N7O2. The van der Waals surface area contributed by atoms with E-state index in [0.29, 0.717) is 29.4 Å². The molecule has 13 heteroatoms. The number of ether oxygens (including phenoxy) is 1. The number of likely N-dealkylation sites (tertiary alicyclic amines) is 1. The fourth-order valence-electron chi connectivity index (χ4n) is 4.88. The lowest BCUT2D eigenvalue weighted by molar-refractivity contribution is -0.137. The molecule has 5 rings (SSSR count). The number of nitrogens with one attached hydrogen (secondary N) is 2. The Bertz CT molecular complexity index is 1630. The van der Waals surface area contributed by atoms with Gasteiger partial charge in [0.25, 0.3) is 5.91 Å². The topological polar surface area (TPSA) is 95.5 Å². The van der Waals surface area contributed by atoms with E-state index in [4.69, 9.17) is 4.74 Å². The number of alkyl halides is 3. The number of hydrogen-bond donors (Lipinski definition) is 2. The molecule has 43 heavy (non-hydrogen) atoms. The predicted octanol–water partition coefficient (Wildman–Crippen LogP) is 5.92. The Labute approximate surface area is 245 Å². The average Bonchev–Trinajstić information content (AvgIpc) is 3.43. The van der Waals surface area contributed by atoms with Gasteiger partial charge in [-0.2, -0.15) is 13.2 Å². The smallest absolute Gasteiger partial charge is 0.416 e. The molecule has 1 saturated heterocycles. The molecule has 2 N–H and O–H groups in total. The summed E-state index contributed by atoms with van der Waals surface area (Å²) in [5.41, 5.74) is -0.0174. The van der Waals surface area contributed by atoms with Crippen LogP contribution in [0.2, 0.25) is 0 Å². The fourth-order valence-corrected chi connectivity index (χ4v) is 4.88. The van der Waals surface area contributed by atoms with E-state index in [1.165, 1.54) is 24.4 Å². The first-order chi connectivity index (χ1) is 20.5. The number of amides is 1. The summed E-state index contributed by atoms with van der Waals surface area (Å²) in [6, 6.07) is 11.8. The van der Waals surface area contributed by atoms with Crippen LogP contribution in [0.25, 0.3) is 11.3 Å². The van der Waals surface area contributed by atoms with E-state index in [1.807, 2.05) is 11.9 Å². The second-order valence-electron chi connectivity index (χ2n) is 10.1. The van der Waals surface area contributed by atoms with E-state index in [2.05, 4.69) is 30.5 Å². The largest absolute Gasteiger partial charge is 0.438 e. The Morgan fingerprint density at radius 3 is 2.63 bits per heavy atom. The zero-order valence-electron chi connectivity index (χ0n) is 23.6. The minimum atomic E-state index is -4.64. The van der Waals surface area contributed by atoms with Crippen LogP contribution in [-0.4, -0.2) is 66.0 Å². The number of carbonyl (C=O) groups is 1. The lowest BCUT2D eigenvalue weighted by Gasteiger charge is -2.29. The Morgan fingerprint density at radius 1 is 1.09 bits per heavy atom. The van der Waals surface area contributed by atoms with Crippen molar-refractivity contribution >= 4 is 23.2 Å². The molecule has 0 bridgehead atoms. The number of rotatable bonds is 8. The van der Waals surface area contributed by atoms with Gasteiger partial charge in [0.1, 0.15) is 11.6 Å². The third-order valence-corrected chi connectivity index (χ3v) is 7.19. The van der Waals surface area contributed by atoms with Crippen LogP contribution in [0.15, 0.2) is 67.0 Å². The number of hydrogen-bond acceptors (Lipinski definition) is 8. The van der Waals surface area contributed by atoms with Gasteiger partial charge in [-0.25, -0.2) is 19.3 Å². The van der Waals surface area contributed by atoms with Gasteiger partial charge in [0, 0.05) is 39.1 Å². The Kier molecular flexibility index (Phi) is 8.44. The quantitative estimate of drug-likeness (QED) is 0.243. The summed E-state index contributed by atoms with van der Waals surface area (Å²) in [7, 11) is 5.40. The van der Waals surface area contributed by atoms with Crippen molar-refractivity contribution in [1.82, 2.24) is 19.9 Å². The molecule has 0 saturated carbocycles. The zero-order chi connectivity index (χ0) is 30.7. The molecule has 1 amide bonds. The summed E-state index contributed by atoms with van der Waals surface area (Å²) < 4.78 is 61.7. The lowest BCUT2D eigenvalue weighted by Crippen LogP contribution is -2.34. The summed E-state index contributed by atoms with van der Waals surface area (Å²) in [4.78, 5) is 30.1. The van der Waals surface area contributed by atoms with Crippen molar-refractivity contribution in [3.63, 3.8) is 0 Å². The number of aromatic nitrogens is 3. The molecule has 2 aromatic heterocycles. The van der Waals surface area contributed by atoms with Gasteiger partial charge in [0.15, 0.2) is 0 Å². The predicted molar refractivity (Wildman–Crippen MR) is 155 cm³/mol. The summed E-state index contributed by atoms with van der Waals surface area (Å²) in [6.07, 6.45) is -0.767. The molecular weight excluding hydrogens is 566 g/mol. The number of anilines is 3. The van der Waals surface area contributed by atoms with Gasteiger partial charge in [0.05, 0.1) is 33.8 Å². The highest BCUT2D eigenvalue weighted by Crippen LogP contribution is 2.37. The number of nitrogens with zero attached hydrogens (tertiary/aromatic N) is 5. The van der Waals surface area contributed by atoms with E-state index >= 15 is 0 Å². The van der Waals surface area contributed by atoms with Crippen LogP contribution in [-0.2, 0) is 6.18 Å². The van der Waals surface area contributed by atoms with E-state index in [-0.39, 0.29) is 23.4 Å². The van der Waals surface area contributed by atoms with Crippen LogP contribution >= 0.6 is 0 Å². The molecule has 1 unspecified atom stereocenters. The van der Waals surface area contributed by atoms with Crippen LogP contribution in [0.3, 0.4) is 0 Å². The summed E-state index contributed by atoms with van der Waals surface area (Å²) >= 11 is 0. The standard InChI is InChI=1S/C30H29F4N7O2/c1-35-29-37-13-10-24(39-29)21-5-4-12-36-28(21)43-20-7-8-23(31)22(16-20)27(42)38-25-15-18(30(32,33)34)6-9-26(25)41(3)19-11-14-40(2)17-19/h4-10,12-13,15-16,19H,11,14,17H2,1-3H3,(H,38,42)(H,35,37,39). The van der Waals surface area contributed by atoms with Crippen molar-refractivity contribution in [1.29, 1.82) is 0 Å². The fraction of sp³-hybridized carbons (Fsp3) is 0.267. The highest BCUT2D eigenvalue weighted by atomic mass is 19.4. The minimum Gasteiger partial charge on any atom is -0.438 e. The van der Waals surface area contributed by atoms with Gasteiger partial charge >= 0.3 is 6.18 Å². The molecule has 3 heterocycles. The second kappa shape index (κ2) is 12.2. The normalized spacial score (nSPS) is 15.3. The average molecular weight is 596 g/mol. The van der Waals surface area contributed by atoms with Crippen molar-refractivity contribution in [2.24, 2.45) is 0 Å². The van der Waals surface area contributed by atoms with Gasteiger partial charge in [-0.1, -0.05) is 0 Å². The van der Waals surface area contributed by atoms with E-state index < -0.39 is 29.0 Å². The first kappa shape index (κ1) is 29.7. The first-order valence-electron chi connectivity index (χ1n) is 13.4. The number of pyridine rings is 1. The van der Waals surface area contributed by atoms with E-state index in [0.717, 1.165) is 31.2 Å². The number of carbonyl (C=O) groups excluding carboxylic acids is 1. The molecule has 0 radical (unpaired) electrons. The van der Waals surface area contributed by atoms with Gasteiger partial charge < -0.3 is 25.2 Å². The molecule has 1 atom stereocenters. The van der Waals surface area contributed by atoms with Crippen LogP contribution in [0, 0.1) is 5.82 Å². The maximum Gasteiger partial charge on any atom is 0.416 e. The minimum absolute atomic E-state index is 0.0255. The molecule has 0 aliphatic carbocycles. The Balaban J connectivity index is 1.44. The summed E-state index contributed by atoms with van der Waals surface area (Å²) in [6.45, 7) is 1.54. The molecule has 1 aliphatic heterocycles. The number of halogens is 4. The molecule has 4 aromatic rings. The van der Waals surface area contributed by atoms with Gasteiger partial charge in [-0.15, -0.1) is 0 Å². The van der Waals surface area contributed by atoms with Crippen LogP contribution in [0.4, 0.5) is 34.9 Å². The molecule has 1 fully saturated rings. The molecule has 1 aliphatic rings. The van der Waals surface area contributed by atoms with Crippen molar-refractivity contribution in [2.75, 3.05) is 49.8 Å². The highest BCUT2D eigenvalue weighted by molar-refractivity contribution is 6.06. The summed E-state index contributed by atoms with van der Waals surface area (Å²) in [5.74, 6) is -1.20. The maximum atomic E-state index is 15.0. The second-order valence-corrected chi connectivity index (χ2v) is 10.1. The van der Waals surface area contributed by atoms with Crippen LogP contribution in [0.1, 0.15) is 22.3 Å². The molecule has 9 nitrogen and oxygen atoms in total. The maximum absolute atomic E-state index is 15.0. The Morgan fingerprint density at radius 2 is 1.91 bits per heavy atom. The van der Waals surface area contributed by atoms with Crippen LogP contribution in [0.5, 0.6) is 11.6 Å². The van der Waals surface area contributed by atoms with Crippen molar-refractivity contribution in [3.05, 3.63) is 83.9 Å². The van der Waals surface area contributed by atoms with Crippen LogP contribution < -0.4 is 20.3 Å². The first-order valence-corrected chi connectivity index (χ1v) is 13.4. The van der Waals surface area contributed by atoms with Crippen molar-refractivity contribution in [2.45, 2.75) is 18.6 Å².